The summed E-state index contributed by atoms with van der Waals surface area (Å²) in [5.41, 5.74) is 6.71. The number of benzene rings is 1. The van der Waals surface area contributed by atoms with Crippen LogP contribution in [0, 0.1) is 5.92 Å². The van der Waals surface area contributed by atoms with E-state index in [0.29, 0.717) is 17.5 Å². The van der Waals surface area contributed by atoms with Gasteiger partial charge < -0.3 is 20.3 Å². The van der Waals surface area contributed by atoms with Crippen LogP contribution in [0.2, 0.25) is 0 Å². The van der Waals surface area contributed by atoms with Gasteiger partial charge in [0.05, 0.1) is 13.2 Å². The number of nitrogens with one attached hydrogen (secondary N) is 1. The molecule has 3 unspecified atom stereocenters. The van der Waals surface area contributed by atoms with Crippen LogP contribution >= 0.6 is 12.4 Å². The minimum absolute atomic E-state index is 0. The predicted molar refractivity (Wildman–Crippen MR) is 97.5 cm³/mol. The first-order chi connectivity index (χ1) is 11.5. The molecule has 2 rings (SSSR count). The maximum Gasteiger partial charge on any atom is 0.249 e. The summed E-state index contributed by atoms with van der Waals surface area (Å²) in [7, 11) is 1.60. The van der Waals surface area contributed by atoms with E-state index in [1.54, 1.807) is 14.0 Å². The first-order valence-corrected chi connectivity index (χ1v) is 8.00. The fourth-order valence-corrected chi connectivity index (χ4v) is 2.17. The van der Waals surface area contributed by atoms with Gasteiger partial charge in [0.2, 0.25) is 17.6 Å². The van der Waals surface area contributed by atoms with Crippen molar-refractivity contribution >= 4 is 18.3 Å². The van der Waals surface area contributed by atoms with Crippen LogP contribution in [0.25, 0.3) is 11.4 Å². The third-order valence-electron chi connectivity index (χ3n) is 4.06. The van der Waals surface area contributed by atoms with Gasteiger partial charge >= 0.3 is 0 Å². The molecule has 1 amide bonds. The van der Waals surface area contributed by atoms with Gasteiger partial charge in [-0.2, -0.15) is 4.98 Å². The van der Waals surface area contributed by atoms with Crippen molar-refractivity contribution in [1.82, 2.24) is 15.5 Å². The van der Waals surface area contributed by atoms with Crippen molar-refractivity contribution in [1.29, 1.82) is 0 Å². The smallest absolute Gasteiger partial charge is 0.249 e. The topological polar surface area (TPSA) is 103 Å². The number of ether oxygens (including phenoxy) is 1. The molecule has 0 bridgehead atoms. The molecule has 3 atom stereocenters. The van der Waals surface area contributed by atoms with Gasteiger partial charge in [0.15, 0.2) is 0 Å². The molecule has 0 saturated heterocycles. The van der Waals surface area contributed by atoms with Gasteiger partial charge in [-0.1, -0.05) is 37.6 Å². The van der Waals surface area contributed by atoms with Crippen LogP contribution in [-0.2, 0) is 4.79 Å². The lowest BCUT2D eigenvalue weighted by molar-refractivity contribution is -0.124. The van der Waals surface area contributed by atoms with Gasteiger partial charge in [-0.15, -0.1) is 12.4 Å². The zero-order chi connectivity index (χ0) is 17.7. The van der Waals surface area contributed by atoms with Crippen LogP contribution in [-0.4, -0.2) is 29.2 Å². The van der Waals surface area contributed by atoms with E-state index in [1.807, 2.05) is 38.1 Å². The summed E-state index contributed by atoms with van der Waals surface area (Å²) in [6.45, 7) is 5.73. The molecule has 0 spiro atoms. The number of amides is 1. The van der Waals surface area contributed by atoms with E-state index in [1.165, 1.54) is 0 Å². The van der Waals surface area contributed by atoms with Gasteiger partial charge in [0.25, 0.3) is 0 Å². The lowest BCUT2D eigenvalue weighted by atomic mass is 9.99. The largest absolute Gasteiger partial charge is 0.497 e. The van der Waals surface area contributed by atoms with Crippen molar-refractivity contribution < 1.29 is 14.1 Å². The normalized spacial score (nSPS) is 14.1. The van der Waals surface area contributed by atoms with E-state index in [9.17, 15) is 4.79 Å². The Morgan fingerprint density at radius 1 is 1.40 bits per heavy atom. The molecule has 3 N–H and O–H groups in total. The first-order valence-electron chi connectivity index (χ1n) is 8.00. The summed E-state index contributed by atoms with van der Waals surface area (Å²) >= 11 is 0. The number of aromatic nitrogens is 2. The molecule has 8 heteroatoms. The Morgan fingerprint density at radius 2 is 2.12 bits per heavy atom. The van der Waals surface area contributed by atoms with Crippen molar-refractivity contribution in [2.24, 2.45) is 11.7 Å². The lowest BCUT2D eigenvalue weighted by Crippen LogP contribution is -2.45. The summed E-state index contributed by atoms with van der Waals surface area (Å²) in [6.07, 6.45) is 0.837. The second-order valence-corrected chi connectivity index (χ2v) is 5.83. The van der Waals surface area contributed by atoms with Crippen molar-refractivity contribution in [3.05, 3.63) is 30.2 Å². The molecule has 0 aliphatic rings. The highest BCUT2D eigenvalue weighted by Gasteiger charge is 2.23. The molecule has 0 fully saturated rings. The van der Waals surface area contributed by atoms with E-state index < -0.39 is 12.1 Å². The van der Waals surface area contributed by atoms with Crippen LogP contribution in [0.3, 0.4) is 0 Å². The SMILES string of the molecule is CCC(C)C(N)C(=O)NC(C)c1nc(-c2cccc(OC)c2)no1.Cl. The molecule has 1 heterocycles. The standard InChI is InChI=1S/C17H24N4O3.ClH/c1-5-10(2)14(18)16(22)19-11(3)17-20-15(21-24-17)12-7-6-8-13(9-12)23-4;/h6-11,14H,5,18H2,1-4H3,(H,19,22);1H. The second-order valence-electron chi connectivity index (χ2n) is 5.83. The summed E-state index contributed by atoms with van der Waals surface area (Å²) in [5.74, 6) is 1.36. The summed E-state index contributed by atoms with van der Waals surface area (Å²) < 4.78 is 10.4. The fourth-order valence-electron chi connectivity index (χ4n) is 2.17. The Kier molecular flexibility index (Phi) is 7.86. The summed E-state index contributed by atoms with van der Waals surface area (Å²) in [5, 5.41) is 6.78. The average Bonchev–Trinajstić information content (AvgIpc) is 3.10. The summed E-state index contributed by atoms with van der Waals surface area (Å²) in [4.78, 5) is 16.5. The van der Waals surface area contributed by atoms with Crippen molar-refractivity contribution in [3.63, 3.8) is 0 Å². The predicted octanol–water partition coefficient (Wildman–Crippen LogP) is 2.72. The Balaban J connectivity index is 0.00000312. The minimum Gasteiger partial charge on any atom is -0.497 e. The fraction of sp³-hybridized carbons (Fsp3) is 0.471. The number of methoxy groups -OCH3 is 1. The number of hydrogen-bond acceptors (Lipinski definition) is 6. The van der Waals surface area contributed by atoms with Gasteiger partial charge in [0, 0.05) is 5.56 Å². The Bertz CT molecular complexity index is 692. The summed E-state index contributed by atoms with van der Waals surface area (Å²) in [6, 6.07) is 6.39. The monoisotopic (exact) mass is 368 g/mol. The first kappa shape index (κ1) is 20.9. The third kappa shape index (κ3) is 5.17. The average molecular weight is 369 g/mol. The van der Waals surface area contributed by atoms with Crippen LogP contribution in [0.1, 0.15) is 39.1 Å². The molecule has 1 aromatic heterocycles. The molecular weight excluding hydrogens is 344 g/mol. The van der Waals surface area contributed by atoms with Crippen molar-refractivity contribution in [3.8, 4) is 17.1 Å². The Labute approximate surface area is 153 Å². The maximum absolute atomic E-state index is 12.1. The molecule has 2 aromatic rings. The molecular formula is C17H25ClN4O3. The van der Waals surface area contributed by atoms with Crippen molar-refractivity contribution in [2.75, 3.05) is 7.11 Å². The molecule has 0 aliphatic carbocycles. The number of rotatable bonds is 7. The zero-order valence-electron chi connectivity index (χ0n) is 14.9. The highest BCUT2D eigenvalue weighted by molar-refractivity contribution is 5.85. The number of nitrogens with two attached hydrogens (primary N) is 1. The highest BCUT2D eigenvalue weighted by Crippen LogP contribution is 2.22. The van der Waals surface area contributed by atoms with Crippen LogP contribution < -0.4 is 15.8 Å². The van der Waals surface area contributed by atoms with E-state index >= 15 is 0 Å². The minimum atomic E-state index is -0.557. The third-order valence-corrected chi connectivity index (χ3v) is 4.06. The number of carbonyl (C=O) groups is 1. The molecule has 0 saturated carbocycles. The number of halogens is 1. The van der Waals surface area contributed by atoms with Crippen LogP contribution in [0.5, 0.6) is 5.75 Å². The Morgan fingerprint density at radius 3 is 2.76 bits per heavy atom. The van der Waals surface area contributed by atoms with E-state index in [2.05, 4.69) is 15.5 Å². The van der Waals surface area contributed by atoms with Crippen LogP contribution in [0.4, 0.5) is 0 Å². The Hall–Kier alpha value is -2.12. The number of nitrogens with zero attached hydrogens (tertiary/aromatic N) is 2. The zero-order valence-corrected chi connectivity index (χ0v) is 15.7. The van der Waals surface area contributed by atoms with Gasteiger partial charge in [-0.3, -0.25) is 4.79 Å². The van der Waals surface area contributed by atoms with Crippen molar-refractivity contribution in [2.45, 2.75) is 39.3 Å². The van der Waals surface area contributed by atoms with Crippen LogP contribution in [0.15, 0.2) is 28.8 Å². The highest BCUT2D eigenvalue weighted by atomic mass is 35.5. The van der Waals surface area contributed by atoms with Gasteiger partial charge in [-0.05, 0) is 25.0 Å². The molecule has 0 radical (unpaired) electrons. The molecule has 7 nitrogen and oxygen atoms in total. The molecule has 138 valence electrons. The molecule has 25 heavy (non-hydrogen) atoms. The van der Waals surface area contributed by atoms with E-state index in [4.69, 9.17) is 15.0 Å². The van der Waals surface area contributed by atoms with Gasteiger partial charge in [-0.25, -0.2) is 0 Å². The maximum atomic E-state index is 12.1. The number of carbonyl (C=O) groups excluding carboxylic acids is 1. The van der Waals surface area contributed by atoms with E-state index in [0.717, 1.165) is 12.0 Å². The van der Waals surface area contributed by atoms with Gasteiger partial charge in [0.1, 0.15) is 11.8 Å². The quantitative estimate of drug-likeness (QED) is 0.778. The second kappa shape index (κ2) is 9.39. The lowest BCUT2D eigenvalue weighted by Gasteiger charge is -2.19. The van der Waals surface area contributed by atoms with E-state index in [-0.39, 0.29) is 24.2 Å². The molecule has 1 aromatic carbocycles. The molecule has 0 aliphatic heterocycles. The number of hydrogen-bond donors (Lipinski definition) is 2.